The molecule has 0 aromatic carbocycles. The molecule has 1 amide bonds. The maximum atomic E-state index is 10.8. The van der Waals surface area contributed by atoms with E-state index in [-0.39, 0.29) is 57.3 Å². The summed E-state index contributed by atoms with van der Waals surface area (Å²) in [5.74, 6) is -1.50. The van der Waals surface area contributed by atoms with Crippen LogP contribution < -0.4 is 61.8 Å². The van der Waals surface area contributed by atoms with Crippen molar-refractivity contribution in [3.05, 3.63) is 0 Å². The van der Waals surface area contributed by atoms with Gasteiger partial charge in [0.05, 0.1) is 12.0 Å². The first kappa shape index (κ1) is 23.8. The fourth-order valence-electron chi connectivity index (χ4n) is 2.33. The standard InChI is InChI=1S/C16H31NO3.K/c1-3-4-5-6-7-8-9-10-11-12-13-15(16(19)20)17-14(2)18;/h15H,3-13H2,1-2H3,(H,17,18)(H,19,20);/q;+1/p-1. The Kier molecular flexibility index (Phi) is 19.2. The topological polar surface area (TPSA) is 69.2 Å². The minimum atomic E-state index is -1.18. The van der Waals surface area contributed by atoms with Gasteiger partial charge in [0.15, 0.2) is 0 Å². The molecule has 0 heterocycles. The zero-order valence-corrected chi connectivity index (χ0v) is 17.2. The summed E-state index contributed by atoms with van der Waals surface area (Å²) in [6.45, 7) is 3.55. The summed E-state index contributed by atoms with van der Waals surface area (Å²) in [7, 11) is 0. The fourth-order valence-corrected chi connectivity index (χ4v) is 2.33. The Morgan fingerprint density at radius 2 is 1.33 bits per heavy atom. The molecule has 0 aromatic rings. The van der Waals surface area contributed by atoms with Crippen molar-refractivity contribution in [1.29, 1.82) is 0 Å². The van der Waals surface area contributed by atoms with Gasteiger partial charge >= 0.3 is 51.4 Å². The van der Waals surface area contributed by atoms with Crippen molar-refractivity contribution in [3.8, 4) is 0 Å². The van der Waals surface area contributed by atoms with E-state index >= 15 is 0 Å². The van der Waals surface area contributed by atoms with Crippen molar-refractivity contribution < 1.29 is 66.1 Å². The molecular weight excluding hydrogens is 293 g/mol. The molecule has 0 radical (unpaired) electrons. The van der Waals surface area contributed by atoms with Crippen molar-refractivity contribution in [3.63, 3.8) is 0 Å². The van der Waals surface area contributed by atoms with E-state index < -0.39 is 12.0 Å². The van der Waals surface area contributed by atoms with Crippen LogP contribution in [0.1, 0.15) is 84.5 Å². The van der Waals surface area contributed by atoms with E-state index in [9.17, 15) is 14.7 Å². The molecule has 4 nitrogen and oxygen atoms in total. The van der Waals surface area contributed by atoms with Gasteiger partial charge in [-0.15, -0.1) is 0 Å². The van der Waals surface area contributed by atoms with Gasteiger partial charge in [0.2, 0.25) is 5.91 Å². The van der Waals surface area contributed by atoms with Gasteiger partial charge in [-0.1, -0.05) is 71.1 Å². The third-order valence-electron chi connectivity index (χ3n) is 3.51. The zero-order valence-electron chi connectivity index (χ0n) is 14.1. The van der Waals surface area contributed by atoms with Gasteiger partial charge in [-0.25, -0.2) is 0 Å². The molecule has 0 aliphatic heterocycles. The van der Waals surface area contributed by atoms with Crippen LogP contribution >= 0.6 is 0 Å². The van der Waals surface area contributed by atoms with Gasteiger partial charge in [-0.3, -0.25) is 4.79 Å². The molecule has 0 aliphatic rings. The third-order valence-corrected chi connectivity index (χ3v) is 3.51. The van der Waals surface area contributed by atoms with Crippen molar-refractivity contribution in [2.75, 3.05) is 0 Å². The molecule has 1 unspecified atom stereocenters. The summed E-state index contributed by atoms with van der Waals surface area (Å²) in [5, 5.41) is 13.2. The Morgan fingerprint density at radius 3 is 1.71 bits per heavy atom. The molecule has 0 saturated carbocycles. The molecule has 21 heavy (non-hydrogen) atoms. The van der Waals surface area contributed by atoms with Gasteiger partial charge < -0.3 is 15.2 Å². The van der Waals surface area contributed by atoms with Crippen LogP contribution in [-0.4, -0.2) is 17.9 Å². The average Bonchev–Trinajstić information content (AvgIpc) is 2.39. The minimum Gasteiger partial charge on any atom is -0.548 e. The van der Waals surface area contributed by atoms with Gasteiger partial charge in [-0.05, 0) is 6.42 Å². The number of aliphatic carboxylic acids is 1. The van der Waals surface area contributed by atoms with Gasteiger partial charge in [-0.2, -0.15) is 0 Å². The second-order valence-corrected chi connectivity index (χ2v) is 5.54. The summed E-state index contributed by atoms with van der Waals surface area (Å²) >= 11 is 0. The van der Waals surface area contributed by atoms with Gasteiger partial charge in [0, 0.05) is 6.92 Å². The molecule has 0 spiro atoms. The van der Waals surface area contributed by atoms with E-state index in [1.807, 2.05) is 0 Å². The van der Waals surface area contributed by atoms with Crippen molar-refractivity contribution >= 4 is 11.9 Å². The number of nitrogens with one attached hydrogen (secondary N) is 1. The van der Waals surface area contributed by atoms with Gasteiger partial charge in [0.25, 0.3) is 0 Å². The van der Waals surface area contributed by atoms with Crippen LogP contribution in [0.15, 0.2) is 0 Å². The second-order valence-electron chi connectivity index (χ2n) is 5.54. The van der Waals surface area contributed by atoms with Crippen molar-refractivity contribution in [1.82, 2.24) is 5.32 Å². The Morgan fingerprint density at radius 1 is 0.905 bits per heavy atom. The van der Waals surface area contributed by atoms with Crippen molar-refractivity contribution in [2.24, 2.45) is 0 Å². The largest absolute Gasteiger partial charge is 1.00 e. The SMILES string of the molecule is CCCCCCCCCCCCC(NC(C)=O)C(=O)[O-].[K+]. The molecule has 1 atom stereocenters. The molecule has 0 rings (SSSR count). The maximum absolute atomic E-state index is 10.8. The summed E-state index contributed by atoms with van der Waals surface area (Å²) in [4.78, 5) is 21.6. The minimum absolute atomic E-state index is 0. The molecule has 0 fully saturated rings. The first-order valence-electron chi connectivity index (χ1n) is 8.06. The van der Waals surface area contributed by atoms with Crippen LogP contribution in [0.25, 0.3) is 0 Å². The molecule has 0 aliphatic carbocycles. The van der Waals surface area contributed by atoms with Crippen LogP contribution in [0.2, 0.25) is 0 Å². The number of hydrogen-bond donors (Lipinski definition) is 1. The van der Waals surface area contributed by atoms with E-state index in [0.29, 0.717) is 6.42 Å². The summed E-state index contributed by atoms with van der Waals surface area (Å²) in [6, 6.07) is -0.832. The number of carboxylic acid groups (broad SMARTS) is 1. The van der Waals surface area contributed by atoms with Crippen LogP contribution in [-0.2, 0) is 9.59 Å². The molecule has 0 aromatic heterocycles. The average molecular weight is 324 g/mol. The van der Waals surface area contributed by atoms with Gasteiger partial charge in [0.1, 0.15) is 0 Å². The number of amides is 1. The van der Waals surface area contributed by atoms with E-state index in [2.05, 4.69) is 12.2 Å². The zero-order chi connectivity index (χ0) is 15.2. The molecular formula is C16H30KNO3. The van der Waals surface area contributed by atoms with Crippen molar-refractivity contribution in [2.45, 2.75) is 90.5 Å². The second kappa shape index (κ2) is 16.9. The first-order valence-corrected chi connectivity index (χ1v) is 8.06. The fraction of sp³-hybridized carbons (Fsp3) is 0.875. The smallest absolute Gasteiger partial charge is 0.548 e. The Bertz CT molecular complexity index is 272. The summed E-state index contributed by atoms with van der Waals surface area (Å²) < 4.78 is 0. The predicted octanol–water partition coefficient (Wildman–Crippen LogP) is -0.444. The van der Waals surface area contributed by atoms with E-state index in [4.69, 9.17) is 0 Å². The molecule has 5 heteroatoms. The van der Waals surface area contributed by atoms with E-state index in [1.54, 1.807) is 0 Å². The molecule has 118 valence electrons. The van der Waals surface area contributed by atoms with Crippen LogP contribution in [0.5, 0.6) is 0 Å². The molecule has 1 N–H and O–H groups in total. The quantitative estimate of drug-likeness (QED) is 0.369. The number of carbonyl (C=O) groups is 2. The first-order chi connectivity index (χ1) is 9.57. The number of rotatable bonds is 13. The number of carboxylic acids is 1. The Balaban J connectivity index is 0. The molecule has 0 saturated heterocycles. The van der Waals surface area contributed by atoms with E-state index in [0.717, 1.165) is 19.3 Å². The van der Waals surface area contributed by atoms with Crippen LogP contribution in [0, 0.1) is 0 Å². The number of carbonyl (C=O) groups excluding carboxylic acids is 2. The summed E-state index contributed by atoms with van der Waals surface area (Å²) in [5.41, 5.74) is 0. The van der Waals surface area contributed by atoms with Crippen LogP contribution in [0.4, 0.5) is 0 Å². The van der Waals surface area contributed by atoms with Crippen LogP contribution in [0.3, 0.4) is 0 Å². The third kappa shape index (κ3) is 16.8. The number of unbranched alkanes of at least 4 members (excludes halogenated alkanes) is 9. The molecule has 0 bridgehead atoms. The predicted molar refractivity (Wildman–Crippen MR) is 79.1 cm³/mol. The Labute approximate surface area is 172 Å². The monoisotopic (exact) mass is 323 g/mol. The summed E-state index contributed by atoms with van der Waals surface area (Å²) in [6.07, 6.45) is 12.6. The Hall–Kier alpha value is 0.576. The van der Waals surface area contributed by atoms with E-state index in [1.165, 1.54) is 51.9 Å². The number of hydrogen-bond acceptors (Lipinski definition) is 3. The normalized spacial score (nSPS) is 11.5. The maximum Gasteiger partial charge on any atom is 1.00 e.